The minimum atomic E-state index is 0.569. The van der Waals surface area contributed by atoms with Crippen LogP contribution < -0.4 is 5.48 Å². The molecule has 0 aromatic heterocycles. The molecule has 64 valence electrons. The number of halogens is 1. The van der Waals surface area contributed by atoms with E-state index in [1.807, 2.05) is 0 Å². The predicted molar refractivity (Wildman–Crippen MR) is 50.2 cm³/mol. The molecule has 0 amide bonds. The number of nitrogens with one attached hydrogen (secondary N) is 1. The van der Waals surface area contributed by atoms with E-state index >= 15 is 0 Å². The molecule has 0 saturated carbocycles. The quantitative estimate of drug-likeness (QED) is 0.639. The number of carbonyl (C=O) groups excluding carboxylic acids is 1. The van der Waals surface area contributed by atoms with E-state index in [4.69, 9.17) is 4.84 Å². The van der Waals surface area contributed by atoms with Gasteiger partial charge in [0.05, 0.1) is 12.8 Å². The Balaban J connectivity index is 3.03. The molecule has 0 fully saturated rings. The summed E-state index contributed by atoms with van der Waals surface area (Å²) >= 11 is 3.28. The highest BCUT2D eigenvalue weighted by Crippen LogP contribution is 2.19. The molecule has 1 aromatic carbocycles. The Morgan fingerprint density at radius 2 is 2.33 bits per heavy atom. The Morgan fingerprint density at radius 1 is 1.58 bits per heavy atom. The number of aldehydes is 1. The van der Waals surface area contributed by atoms with Gasteiger partial charge in [-0.15, -0.1) is 0 Å². The van der Waals surface area contributed by atoms with Crippen molar-refractivity contribution in [3.05, 3.63) is 28.2 Å². The van der Waals surface area contributed by atoms with Gasteiger partial charge in [0.25, 0.3) is 0 Å². The second-order valence-corrected chi connectivity index (χ2v) is 3.07. The van der Waals surface area contributed by atoms with Crippen molar-refractivity contribution in [1.29, 1.82) is 0 Å². The van der Waals surface area contributed by atoms with Gasteiger partial charge in [0, 0.05) is 10.0 Å². The van der Waals surface area contributed by atoms with Gasteiger partial charge in [-0.25, -0.2) is 0 Å². The fourth-order valence-corrected chi connectivity index (χ4v) is 1.19. The zero-order chi connectivity index (χ0) is 8.97. The lowest BCUT2D eigenvalue weighted by Crippen LogP contribution is -1.99. The molecule has 3 nitrogen and oxygen atoms in total. The van der Waals surface area contributed by atoms with E-state index in [0.29, 0.717) is 11.3 Å². The molecule has 0 unspecified atom stereocenters. The summed E-state index contributed by atoms with van der Waals surface area (Å²) < 4.78 is 0.896. The third-order valence-corrected chi connectivity index (χ3v) is 1.85. The third-order valence-electron chi connectivity index (χ3n) is 1.35. The first-order valence-corrected chi connectivity index (χ1v) is 4.11. The molecule has 1 aromatic rings. The molecule has 0 saturated heterocycles. The van der Waals surface area contributed by atoms with Crippen LogP contribution in [0.5, 0.6) is 0 Å². The zero-order valence-electron chi connectivity index (χ0n) is 6.50. The van der Waals surface area contributed by atoms with Crippen LogP contribution in [0.4, 0.5) is 5.69 Å². The predicted octanol–water partition coefficient (Wildman–Crippen LogP) is 2.23. The normalized spacial score (nSPS) is 9.50. The maximum Gasteiger partial charge on any atom is 0.152 e. The van der Waals surface area contributed by atoms with Crippen molar-refractivity contribution in [3.8, 4) is 0 Å². The average molecular weight is 230 g/mol. The summed E-state index contributed by atoms with van der Waals surface area (Å²) in [6.07, 6.45) is 0.772. The van der Waals surface area contributed by atoms with E-state index in [1.165, 1.54) is 7.11 Å². The van der Waals surface area contributed by atoms with Gasteiger partial charge in [0.2, 0.25) is 0 Å². The van der Waals surface area contributed by atoms with Crippen molar-refractivity contribution < 1.29 is 9.63 Å². The maximum absolute atomic E-state index is 10.5. The SMILES string of the molecule is CONc1cc(Br)ccc1C=O. The summed E-state index contributed by atoms with van der Waals surface area (Å²) in [6.45, 7) is 0. The van der Waals surface area contributed by atoms with Gasteiger partial charge < -0.3 is 0 Å². The molecule has 12 heavy (non-hydrogen) atoms. The first-order chi connectivity index (χ1) is 5.77. The lowest BCUT2D eigenvalue weighted by Gasteiger charge is -2.05. The summed E-state index contributed by atoms with van der Waals surface area (Å²) in [5, 5.41) is 0. The van der Waals surface area contributed by atoms with Crippen molar-refractivity contribution in [1.82, 2.24) is 0 Å². The molecule has 0 aliphatic rings. The fourth-order valence-electron chi connectivity index (χ4n) is 0.830. The summed E-state index contributed by atoms with van der Waals surface area (Å²) in [5.41, 5.74) is 3.83. The topological polar surface area (TPSA) is 38.3 Å². The van der Waals surface area contributed by atoms with Crippen molar-refractivity contribution in [2.45, 2.75) is 0 Å². The van der Waals surface area contributed by atoms with Gasteiger partial charge in [0.1, 0.15) is 0 Å². The van der Waals surface area contributed by atoms with Crippen LogP contribution in [-0.2, 0) is 4.84 Å². The molecule has 1 N–H and O–H groups in total. The first-order valence-electron chi connectivity index (χ1n) is 3.31. The lowest BCUT2D eigenvalue weighted by atomic mass is 10.2. The van der Waals surface area contributed by atoms with Crippen LogP contribution in [0.2, 0.25) is 0 Å². The van der Waals surface area contributed by atoms with Gasteiger partial charge in [-0.2, -0.15) is 0 Å². The Labute approximate surface area is 78.8 Å². The fraction of sp³-hybridized carbons (Fsp3) is 0.125. The molecule has 0 atom stereocenters. The Morgan fingerprint density at radius 3 is 2.92 bits per heavy atom. The average Bonchev–Trinajstić information content (AvgIpc) is 2.05. The molecule has 0 bridgehead atoms. The Hall–Kier alpha value is -0.870. The largest absolute Gasteiger partial charge is 0.298 e. The van der Waals surface area contributed by atoms with Gasteiger partial charge >= 0.3 is 0 Å². The van der Waals surface area contributed by atoms with Crippen molar-refractivity contribution >= 4 is 27.9 Å². The molecule has 0 spiro atoms. The van der Waals surface area contributed by atoms with Gasteiger partial charge in [0.15, 0.2) is 6.29 Å². The monoisotopic (exact) mass is 229 g/mol. The van der Waals surface area contributed by atoms with Crippen molar-refractivity contribution in [2.24, 2.45) is 0 Å². The first kappa shape index (κ1) is 9.22. The third kappa shape index (κ3) is 2.06. The number of rotatable bonds is 3. The minimum Gasteiger partial charge on any atom is -0.298 e. The molecule has 0 heterocycles. The van der Waals surface area contributed by atoms with E-state index in [-0.39, 0.29) is 0 Å². The van der Waals surface area contributed by atoms with Gasteiger partial charge in [-0.05, 0) is 18.2 Å². The van der Waals surface area contributed by atoms with Crippen LogP contribution in [0.25, 0.3) is 0 Å². The highest BCUT2D eigenvalue weighted by Gasteiger charge is 2.00. The van der Waals surface area contributed by atoms with E-state index in [9.17, 15) is 4.79 Å². The zero-order valence-corrected chi connectivity index (χ0v) is 8.09. The van der Waals surface area contributed by atoms with E-state index in [1.54, 1.807) is 18.2 Å². The standard InChI is InChI=1S/C8H8BrNO2/c1-12-10-8-4-7(9)3-2-6(8)5-11/h2-5,10H,1H3. The van der Waals surface area contributed by atoms with Crippen LogP contribution in [0.15, 0.2) is 22.7 Å². The summed E-state index contributed by atoms with van der Waals surface area (Å²) in [4.78, 5) is 15.2. The smallest absolute Gasteiger partial charge is 0.152 e. The number of hydrogen-bond donors (Lipinski definition) is 1. The van der Waals surface area contributed by atoms with Crippen molar-refractivity contribution in [2.75, 3.05) is 12.6 Å². The molecule has 0 aliphatic carbocycles. The molecular weight excluding hydrogens is 222 g/mol. The van der Waals surface area contributed by atoms with E-state index < -0.39 is 0 Å². The summed E-state index contributed by atoms with van der Waals surface area (Å²) in [5.74, 6) is 0. The maximum atomic E-state index is 10.5. The van der Waals surface area contributed by atoms with E-state index in [0.717, 1.165) is 10.8 Å². The minimum absolute atomic E-state index is 0.569. The lowest BCUT2D eigenvalue weighted by molar-refractivity contribution is 0.112. The summed E-state index contributed by atoms with van der Waals surface area (Å²) in [7, 11) is 1.50. The van der Waals surface area contributed by atoms with E-state index in [2.05, 4.69) is 21.4 Å². The highest BCUT2D eigenvalue weighted by molar-refractivity contribution is 9.10. The molecule has 4 heteroatoms. The highest BCUT2D eigenvalue weighted by atomic mass is 79.9. The summed E-state index contributed by atoms with van der Waals surface area (Å²) in [6, 6.07) is 5.27. The number of benzene rings is 1. The van der Waals surface area contributed by atoms with Crippen LogP contribution in [0, 0.1) is 0 Å². The van der Waals surface area contributed by atoms with Crippen LogP contribution in [0.1, 0.15) is 10.4 Å². The number of hydrogen-bond acceptors (Lipinski definition) is 3. The molecule has 0 aliphatic heterocycles. The van der Waals surface area contributed by atoms with Crippen LogP contribution >= 0.6 is 15.9 Å². The molecule has 1 rings (SSSR count). The van der Waals surface area contributed by atoms with Gasteiger partial charge in [-0.1, -0.05) is 15.9 Å². The van der Waals surface area contributed by atoms with Crippen LogP contribution in [-0.4, -0.2) is 13.4 Å². The van der Waals surface area contributed by atoms with Crippen molar-refractivity contribution in [3.63, 3.8) is 0 Å². The molecule has 0 radical (unpaired) electrons. The second kappa shape index (κ2) is 4.23. The Bertz CT molecular complexity index is 288. The Kier molecular flexibility index (Phi) is 3.25. The number of anilines is 1. The molecular formula is C8H8BrNO2. The van der Waals surface area contributed by atoms with Gasteiger partial charge in [-0.3, -0.25) is 15.1 Å². The van der Waals surface area contributed by atoms with Crippen LogP contribution in [0.3, 0.4) is 0 Å². The second-order valence-electron chi connectivity index (χ2n) is 2.16. The number of carbonyl (C=O) groups is 1.